The van der Waals surface area contributed by atoms with Gasteiger partial charge in [-0.1, -0.05) is 12.1 Å². The van der Waals surface area contributed by atoms with Gasteiger partial charge >= 0.3 is 19.7 Å². The van der Waals surface area contributed by atoms with Gasteiger partial charge in [-0.15, -0.1) is 0 Å². The molecule has 0 spiro atoms. The van der Waals surface area contributed by atoms with Crippen LogP contribution in [-0.2, 0) is 34.3 Å². The minimum Gasteiger partial charge on any atom is -0.464 e. The van der Waals surface area contributed by atoms with Crippen molar-refractivity contribution >= 4 is 25.0 Å². The van der Waals surface area contributed by atoms with Gasteiger partial charge in [-0.2, -0.15) is 0 Å². The van der Waals surface area contributed by atoms with Crippen LogP contribution in [0.1, 0.15) is 74.8 Å². The Morgan fingerprint density at radius 2 is 1.36 bits per heavy atom. The summed E-state index contributed by atoms with van der Waals surface area (Å²) in [6.07, 6.45) is -0.540. The molecule has 0 heterocycles. The van der Waals surface area contributed by atoms with Crippen molar-refractivity contribution in [3.63, 3.8) is 0 Å². The van der Waals surface area contributed by atoms with Crippen LogP contribution in [0.5, 0.6) is 0 Å². The Bertz CT molecular complexity index is 826. The van der Waals surface area contributed by atoms with E-state index in [1.165, 1.54) is 0 Å². The number of rotatable bonds is 8. The number of hydrogen-bond acceptors (Lipinski definition) is 7. The van der Waals surface area contributed by atoms with Crippen molar-refractivity contribution in [1.82, 2.24) is 5.32 Å². The second-order valence-electron chi connectivity index (χ2n) is 10.7. The van der Waals surface area contributed by atoms with Gasteiger partial charge in [0.05, 0.1) is 23.1 Å². The SMILES string of the molecule is CCOC(=O)[C@H](Cc1ccc(P(=O)(OC(C)(C)C)OC(C)(C)C)cc1)NC(=O)OC(C)(C)C. The van der Waals surface area contributed by atoms with Gasteiger partial charge in [0.15, 0.2) is 0 Å². The molecule has 0 aliphatic carbocycles. The van der Waals surface area contributed by atoms with Gasteiger partial charge in [0.25, 0.3) is 0 Å². The quantitative estimate of drug-likeness (QED) is 0.402. The maximum Gasteiger partial charge on any atom is 0.408 e. The van der Waals surface area contributed by atoms with Crippen LogP contribution in [0.15, 0.2) is 24.3 Å². The molecule has 0 saturated heterocycles. The Morgan fingerprint density at radius 1 is 0.879 bits per heavy atom. The lowest BCUT2D eigenvalue weighted by atomic mass is 10.1. The van der Waals surface area contributed by atoms with Crippen LogP contribution in [0.25, 0.3) is 0 Å². The van der Waals surface area contributed by atoms with Crippen molar-refractivity contribution in [3.8, 4) is 0 Å². The van der Waals surface area contributed by atoms with E-state index in [4.69, 9.17) is 18.5 Å². The van der Waals surface area contributed by atoms with Crippen molar-refractivity contribution in [3.05, 3.63) is 29.8 Å². The minimum atomic E-state index is -3.63. The number of benzene rings is 1. The summed E-state index contributed by atoms with van der Waals surface area (Å²) in [5.74, 6) is -0.565. The molecule has 0 fully saturated rings. The molecule has 0 saturated carbocycles. The zero-order valence-corrected chi connectivity index (χ0v) is 22.5. The van der Waals surface area contributed by atoms with Gasteiger partial charge in [-0.25, -0.2) is 9.59 Å². The Hall–Kier alpha value is -1.89. The molecule has 1 aromatic rings. The summed E-state index contributed by atoms with van der Waals surface area (Å²) >= 11 is 0. The summed E-state index contributed by atoms with van der Waals surface area (Å²) in [5, 5.41) is 2.98. The highest BCUT2D eigenvalue weighted by Crippen LogP contribution is 2.53. The van der Waals surface area contributed by atoms with E-state index < -0.39 is 42.5 Å². The predicted molar refractivity (Wildman–Crippen MR) is 129 cm³/mol. The molecule has 1 aromatic carbocycles. The summed E-state index contributed by atoms with van der Waals surface area (Å²) in [5.41, 5.74) is -1.35. The monoisotopic (exact) mass is 485 g/mol. The van der Waals surface area contributed by atoms with Gasteiger partial charge < -0.3 is 14.8 Å². The highest BCUT2D eigenvalue weighted by molar-refractivity contribution is 7.62. The van der Waals surface area contributed by atoms with E-state index in [9.17, 15) is 14.2 Å². The summed E-state index contributed by atoms with van der Waals surface area (Å²) in [6, 6.07) is 5.83. The molecule has 188 valence electrons. The van der Waals surface area contributed by atoms with Gasteiger partial charge in [-0.05, 0) is 86.9 Å². The second kappa shape index (κ2) is 11.0. The van der Waals surface area contributed by atoms with Crippen molar-refractivity contribution in [2.45, 2.75) is 98.5 Å². The van der Waals surface area contributed by atoms with E-state index in [1.807, 2.05) is 41.5 Å². The normalized spacial score (nSPS) is 13.9. The third kappa shape index (κ3) is 11.2. The molecule has 0 bridgehead atoms. The first-order valence-electron chi connectivity index (χ1n) is 11.1. The average Bonchev–Trinajstić information content (AvgIpc) is 2.57. The standard InChI is InChI=1S/C24H40NO7P/c1-11-29-20(26)19(25-21(27)30-22(2,3)4)16-17-12-14-18(15-13-17)33(28,31-23(5,6)7)32-24(8,9)10/h12-15,19H,11,16H2,1-10H3,(H,25,27)/t19-/m0/s1. The van der Waals surface area contributed by atoms with Gasteiger partial charge in [0.1, 0.15) is 11.6 Å². The number of ether oxygens (including phenoxy) is 2. The molecule has 33 heavy (non-hydrogen) atoms. The number of carbonyl (C=O) groups is 2. The lowest BCUT2D eigenvalue weighted by Gasteiger charge is -2.32. The fourth-order valence-electron chi connectivity index (χ4n) is 2.78. The molecule has 0 unspecified atom stereocenters. The zero-order chi connectivity index (χ0) is 25.7. The smallest absolute Gasteiger partial charge is 0.408 e. The Kier molecular flexibility index (Phi) is 9.73. The molecular weight excluding hydrogens is 445 g/mol. The molecule has 0 aromatic heterocycles. The van der Waals surface area contributed by atoms with Crippen LogP contribution in [0.4, 0.5) is 4.79 Å². The van der Waals surface area contributed by atoms with E-state index >= 15 is 0 Å². The van der Waals surface area contributed by atoms with E-state index in [0.717, 1.165) is 5.56 Å². The second-order valence-corrected chi connectivity index (χ2v) is 12.6. The maximum absolute atomic E-state index is 13.7. The van der Waals surface area contributed by atoms with E-state index in [0.29, 0.717) is 5.30 Å². The minimum absolute atomic E-state index is 0.170. The number of alkyl carbamates (subject to hydrolysis) is 1. The molecule has 8 nitrogen and oxygen atoms in total. The topological polar surface area (TPSA) is 100 Å². The zero-order valence-electron chi connectivity index (χ0n) is 21.6. The van der Waals surface area contributed by atoms with Crippen LogP contribution in [0.3, 0.4) is 0 Å². The molecule has 0 radical (unpaired) electrons. The predicted octanol–water partition coefficient (Wildman–Crippen LogP) is 5.13. The first-order valence-corrected chi connectivity index (χ1v) is 12.6. The summed E-state index contributed by atoms with van der Waals surface area (Å²) in [4.78, 5) is 24.6. The third-order valence-corrected chi connectivity index (χ3v) is 6.25. The fourth-order valence-corrected chi connectivity index (χ4v) is 4.99. The molecular formula is C24H40NO7P. The largest absolute Gasteiger partial charge is 0.464 e. The molecule has 1 amide bonds. The van der Waals surface area contributed by atoms with E-state index in [1.54, 1.807) is 52.0 Å². The van der Waals surface area contributed by atoms with Gasteiger partial charge in [0, 0.05) is 6.42 Å². The molecule has 1 rings (SSSR count). The molecule has 0 aliphatic rings. The lowest BCUT2D eigenvalue weighted by Crippen LogP contribution is -2.45. The number of amides is 1. The number of esters is 1. The van der Waals surface area contributed by atoms with Crippen molar-refractivity contribution in [2.24, 2.45) is 0 Å². The number of carbonyl (C=O) groups excluding carboxylic acids is 2. The average molecular weight is 486 g/mol. The van der Waals surface area contributed by atoms with Gasteiger partial charge in [-0.3, -0.25) is 13.6 Å². The summed E-state index contributed by atoms with van der Waals surface area (Å²) < 4.78 is 35.7. The van der Waals surface area contributed by atoms with E-state index in [2.05, 4.69) is 5.32 Å². The lowest BCUT2D eigenvalue weighted by molar-refractivity contribution is -0.145. The van der Waals surface area contributed by atoms with Crippen LogP contribution in [0, 0.1) is 0 Å². The third-order valence-electron chi connectivity index (χ3n) is 3.74. The summed E-state index contributed by atoms with van der Waals surface area (Å²) in [7, 11) is -3.63. The molecule has 0 aliphatic heterocycles. The first-order chi connectivity index (χ1) is 14.8. The Labute approximate surface area is 198 Å². The van der Waals surface area contributed by atoms with Crippen LogP contribution < -0.4 is 10.6 Å². The molecule has 9 heteroatoms. The highest BCUT2D eigenvalue weighted by Gasteiger charge is 2.37. The molecule has 1 N–H and O–H groups in total. The van der Waals surface area contributed by atoms with Crippen molar-refractivity contribution < 1.29 is 32.7 Å². The summed E-state index contributed by atoms with van der Waals surface area (Å²) in [6.45, 7) is 18.0. The highest BCUT2D eigenvalue weighted by atomic mass is 31.2. The maximum atomic E-state index is 13.7. The Morgan fingerprint density at radius 3 is 1.76 bits per heavy atom. The first kappa shape index (κ1) is 29.1. The van der Waals surface area contributed by atoms with Crippen LogP contribution in [-0.4, -0.2) is 41.5 Å². The van der Waals surface area contributed by atoms with Gasteiger partial charge in [0.2, 0.25) is 0 Å². The Balaban J connectivity index is 3.14. The number of nitrogens with one attached hydrogen (secondary N) is 1. The molecule has 1 atom stereocenters. The van der Waals surface area contributed by atoms with Crippen molar-refractivity contribution in [1.29, 1.82) is 0 Å². The fraction of sp³-hybridized carbons (Fsp3) is 0.667. The van der Waals surface area contributed by atoms with Crippen LogP contribution in [0.2, 0.25) is 0 Å². The number of hydrogen-bond donors (Lipinski definition) is 1. The van der Waals surface area contributed by atoms with E-state index in [-0.39, 0.29) is 13.0 Å². The van der Waals surface area contributed by atoms with Crippen LogP contribution >= 0.6 is 7.60 Å². The van der Waals surface area contributed by atoms with Crippen molar-refractivity contribution in [2.75, 3.05) is 6.61 Å².